The molecule has 82 valence electrons. The van der Waals surface area contributed by atoms with Crippen LogP contribution in [0.15, 0.2) is 29.6 Å². The Kier molecular flexibility index (Phi) is 3.69. The highest BCUT2D eigenvalue weighted by molar-refractivity contribution is 7.98. The molecule has 16 heavy (non-hydrogen) atoms. The van der Waals surface area contributed by atoms with Gasteiger partial charge < -0.3 is 0 Å². The molecule has 2 rings (SSSR count). The minimum atomic E-state index is 0.403. The quantitative estimate of drug-likeness (QED) is 0.621. The van der Waals surface area contributed by atoms with Crippen LogP contribution in [0.5, 0.6) is 0 Å². The predicted molar refractivity (Wildman–Crippen MR) is 63.4 cm³/mol. The van der Waals surface area contributed by atoms with Crippen molar-refractivity contribution < 1.29 is 0 Å². The number of hydrogen-bond acceptors (Lipinski definition) is 5. The Balaban J connectivity index is 1.99. The zero-order valence-corrected chi connectivity index (χ0v) is 10.2. The maximum Gasteiger partial charge on any atom is 0.188 e. The summed E-state index contributed by atoms with van der Waals surface area (Å²) >= 11 is 7.17. The van der Waals surface area contributed by atoms with E-state index < -0.39 is 0 Å². The van der Waals surface area contributed by atoms with Gasteiger partial charge in [0.25, 0.3) is 0 Å². The highest BCUT2D eigenvalue weighted by atomic mass is 35.5. The molecule has 0 amide bonds. The molecule has 0 radical (unpaired) electrons. The van der Waals surface area contributed by atoms with Crippen molar-refractivity contribution in [1.82, 2.24) is 20.2 Å². The average Bonchev–Trinajstić information content (AvgIpc) is 2.28. The molecule has 0 saturated carbocycles. The maximum absolute atomic E-state index is 5.64. The van der Waals surface area contributed by atoms with E-state index in [1.807, 2.05) is 19.1 Å². The largest absolute Gasteiger partial charge is 0.231 e. The summed E-state index contributed by atoms with van der Waals surface area (Å²) in [5, 5.41) is 8.88. The van der Waals surface area contributed by atoms with Gasteiger partial charge in [-0.1, -0.05) is 23.4 Å². The Morgan fingerprint density at radius 2 is 2.12 bits per heavy atom. The normalized spacial score (nSPS) is 10.4. The molecule has 0 aromatic carbocycles. The van der Waals surface area contributed by atoms with Gasteiger partial charge in [0.1, 0.15) is 0 Å². The van der Waals surface area contributed by atoms with Crippen LogP contribution in [0.1, 0.15) is 11.4 Å². The van der Waals surface area contributed by atoms with Gasteiger partial charge in [-0.3, -0.25) is 0 Å². The summed E-state index contributed by atoms with van der Waals surface area (Å²) < 4.78 is 0. The molecule has 0 spiro atoms. The first-order chi connectivity index (χ1) is 7.74. The molecule has 0 aliphatic heterocycles. The van der Waals surface area contributed by atoms with Gasteiger partial charge in [-0.15, -0.1) is 5.10 Å². The van der Waals surface area contributed by atoms with Gasteiger partial charge in [0.05, 0.1) is 5.69 Å². The average molecular weight is 253 g/mol. The van der Waals surface area contributed by atoms with Gasteiger partial charge in [-0.2, -0.15) is 5.10 Å². The first-order valence-corrected chi connectivity index (χ1v) is 6.01. The fourth-order valence-corrected chi connectivity index (χ4v) is 1.93. The van der Waals surface area contributed by atoms with Crippen molar-refractivity contribution in [3.8, 4) is 0 Å². The summed E-state index contributed by atoms with van der Waals surface area (Å²) in [5.74, 6) is 0.688. The fraction of sp³-hybridized carbons (Fsp3) is 0.200. The third kappa shape index (κ3) is 3.15. The second-order valence-corrected chi connectivity index (χ2v) is 4.45. The monoisotopic (exact) mass is 252 g/mol. The van der Waals surface area contributed by atoms with Crippen molar-refractivity contribution in [2.24, 2.45) is 0 Å². The standard InChI is InChI=1S/C10H9ClN4S/c1-7-4-5-12-10(13-7)16-6-8-2-3-9(11)15-14-8/h2-5H,6H2,1H3. The lowest BCUT2D eigenvalue weighted by Crippen LogP contribution is -1.92. The van der Waals surface area contributed by atoms with Crippen LogP contribution in [-0.2, 0) is 5.75 Å². The third-order valence-electron chi connectivity index (χ3n) is 1.81. The molecule has 0 aliphatic carbocycles. The lowest BCUT2D eigenvalue weighted by molar-refractivity contribution is 0.925. The van der Waals surface area contributed by atoms with E-state index in [1.165, 1.54) is 11.8 Å². The number of halogens is 1. The highest BCUT2D eigenvalue weighted by Crippen LogP contribution is 2.17. The minimum absolute atomic E-state index is 0.403. The molecule has 2 aromatic rings. The third-order valence-corrected chi connectivity index (χ3v) is 2.91. The molecule has 2 heterocycles. The van der Waals surface area contributed by atoms with Crippen molar-refractivity contribution in [3.63, 3.8) is 0 Å². The second-order valence-electron chi connectivity index (χ2n) is 3.12. The summed E-state index contributed by atoms with van der Waals surface area (Å²) in [7, 11) is 0. The van der Waals surface area contributed by atoms with Crippen molar-refractivity contribution in [3.05, 3.63) is 40.9 Å². The van der Waals surface area contributed by atoms with Crippen LogP contribution in [0.25, 0.3) is 0 Å². The molecule has 0 N–H and O–H groups in total. The Morgan fingerprint density at radius 3 is 2.81 bits per heavy atom. The Labute approximate surface area is 102 Å². The molecule has 4 nitrogen and oxygen atoms in total. The number of aryl methyl sites for hydroxylation is 1. The number of rotatable bonds is 3. The molecule has 6 heteroatoms. The first kappa shape index (κ1) is 11.3. The zero-order valence-electron chi connectivity index (χ0n) is 8.59. The SMILES string of the molecule is Cc1ccnc(SCc2ccc(Cl)nn2)n1. The molecule has 0 saturated heterocycles. The van der Waals surface area contributed by atoms with Crippen LogP contribution in [0.4, 0.5) is 0 Å². The summed E-state index contributed by atoms with van der Waals surface area (Å²) in [6, 6.07) is 5.44. The predicted octanol–water partition coefficient (Wildman–Crippen LogP) is 2.52. The number of nitrogens with zero attached hydrogens (tertiary/aromatic N) is 4. The Bertz CT molecular complexity index is 475. The van der Waals surface area contributed by atoms with Crippen LogP contribution in [-0.4, -0.2) is 20.2 Å². The van der Waals surface area contributed by atoms with Gasteiger partial charge in [0, 0.05) is 17.6 Å². The summed E-state index contributed by atoms with van der Waals surface area (Å²) in [6.45, 7) is 1.94. The number of hydrogen-bond donors (Lipinski definition) is 0. The van der Waals surface area contributed by atoms with E-state index in [0.717, 1.165) is 16.5 Å². The summed E-state index contributed by atoms with van der Waals surface area (Å²) in [6.07, 6.45) is 1.75. The van der Waals surface area contributed by atoms with Gasteiger partial charge >= 0.3 is 0 Å². The Hall–Kier alpha value is -1.20. The van der Waals surface area contributed by atoms with E-state index in [-0.39, 0.29) is 0 Å². The molecule has 0 atom stereocenters. The molecule has 0 bridgehead atoms. The summed E-state index contributed by atoms with van der Waals surface area (Å²) in [4.78, 5) is 8.43. The zero-order chi connectivity index (χ0) is 11.4. The van der Waals surface area contributed by atoms with E-state index in [4.69, 9.17) is 11.6 Å². The molecule has 0 fully saturated rings. The molecule has 0 aliphatic rings. The fourth-order valence-electron chi connectivity index (χ4n) is 1.05. The van der Waals surface area contributed by atoms with Crippen molar-refractivity contribution in [2.45, 2.75) is 17.8 Å². The van der Waals surface area contributed by atoms with E-state index in [1.54, 1.807) is 12.3 Å². The molecular weight excluding hydrogens is 244 g/mol. The second kappa shape index (κ2) is 5.23. The van der Waals surface area contributed by atoms with Gasteiger partial charge in [0.2, 0.25) is 0 Å². The van der Waals surface area contributed by atoms with Crippen LogP contribution in [0.2, 0.25) is 5.15 Å². The van der Waals surface area contributed by atoms with E-state index >= 15 is 0 Å². The van der Waals surface area contributed by atoms with Crippen LogP contribution in [0, 0.1) is 6.92 Å². The Morgan fingerprint density at radius 1 is 1.25 bits per heavy atom. The van der Waals surface area contributed by atoms with Gasteiger partial charge in [0.15, 0.2) is 10.3 Å². The molecule has 2 aromatic heterocycles. The van der Waals surface area contributed by atoms with Crippen molar-refractivity contribution in [2.75, 3.05) is 0 Å². The van der Waals surface area contributed by atoms with Crippen molar-refractivity contribution in [1.29, 1.82) is 0 Å². The lowest BCUT2D eigenvalue weighted by Gasteiger charge is -1.99. The van der Waals surface area contributed by atoms with Crippen molar-refractivity contribution >= 4 is 23.4 Å². The summed E-state index contributed by atoms with van der Waals surface area (Å²) in [5.41, 5.74) is 1.82. The maximum atomic E-state index is 5.64. The molecule has 0 unspecified atom stereocenters. The van der Waals surface area contributed by atoms with Crippen LogP contribution >= 0.6 is 23.4 Å². The van der Waals surface area contributed by atoms with Gasteiger partial charge in [-0.05, 0) is 25.1 Å². The topological polar surface area (TPSA) is 51.6 Å². The van der Waals surface area contributed by atoms with Crippen LogP contribution < -0.4 is 0 Å². The molecular formula is C10H9ClN4S. The van der Waals surface area contributed by atoms with E-state index in [9.17, 15) is 0 Å². The van der Waals surface area contributed by atoms with E-state index in [2.05, 4.69) is 20.2 Å². The van der Waals surface area contributed by atoms with Gasteiger partial charge in [-0.25, -0.2) is 9.97 Å². The number of aromatic nitrogens is 4. The minimum Gasteiger partial charge on any atom is -0.231 e. The van der Waals surface area contributed by atoms with E-state index in [0.29, 0.717) is 10.9 Å². The first-order valence-electron chi connectivity index (χ1n) is 4.64. The lowest BCUT2D eigenvalue weighted by atomic mass is 10.4. The highest BCUT2D eigenvalue weighted by Gasteiger charge is 2.01. The van der Waals surface area contributed by atoms with Crippen LogP contribution in [0.3, 0.4) is 0 Å². The smallest absolute Gasteiger partial charge is 0.188 e. The number of thioether (sulfide) groups is 1.